The Morgan fingerprint density at radius 1 is 1.23 bits per heavy atom. The Balaban J connectivity index is 2.20. The van der Waals surface area contributed by atoms with Crippen LogP contribution in [0.2, 0.25) is 0 Å². The van der Waals surface area contributed by atoms with Gasteiger partial charge in [0, 0.05) is 6.61 Å². The summed E-state index contributed by atoms with van der Waals surface area (Å²) >= 11 is 0. The van der Waals surface area contributed by atoms with Gasteiger partial charge in [-0.2, -0.15) is 0 Å². The van der Waals surface area contributed by atoms with Gasteiger partial charge in [-0.1, -0.05) is 50.6 Å². The minimum Gasteiger partial charge on any atom is -0.376 e. The largest absolute Gasteiger partial charge is 0.376 e. The van der Waals surface area contributed by atoms with Gasteiger partial charge in [-0.15, -0.1) is 0 Å². The average molecular weight is 178 g/mol. The third-order valence-electron chi connectivity index (χ3n) is 2.21. The molecule has 0 spiro atoms. The molecule has 0 saturated carbocycles. The number of rotatable bonds is 5. The first-order valence-electron chi connectivity index (χ1n) is 4.94. The average Bonchev–Trinajstić information content (AvgIpc) is 2.19. The first kappa shape index (κ1) is 10.3. The number of hydrogen-bond donors (Lipinski definition) is 0. The Labute approximate surface area is 80.7 Å². The molecule has 72 valence electrons. The van der Waals surface area contributed by atoms with Crippen molar-refractivity contribution in [1.29, 1.82) is 0 Å². The van der Waals surface area contributed by atoms with Crippen LogP contribution in [0.4, 0.5) is 0 Å². The van der Waals surface area contributed by atoms with Gasteiger partial charge in [0.25, 0.3) is 0 Å². The molecular formula is C12H18O. The summed E-state index contributed by atoms with van der Waals surface area (Å²) in [5, 5.41) is 0. The van der Waals surface area contributed by atoms with E-state index in [9.17, 15) is 0 Å². The second-order valence-electron chi connectivity index (χ2n) is 3.51. The van der Waals surface area contributed by atoms with Crippen LogP contribution in [0.25, 0.3) is 0 Å². The highest BCUT2D eigenvalue weighted by atomic mass is 16.5. The minimum atomic E-state index is 0.670. The van der Waals surface area contributed by atoms with E-state index in [0.717, 1.165) is 13.2 Å². The Morgan fingerprint density at radius 2 is 1.92 bits per heavy atom. The van der Waals surface area contributed by atoms with Crippen molar-refractivity contribution in [2.24, 2.45) is 5.92 Å². The van der Waals surface area contributed by atoms with E-state index >= 15 is 0 Å². The Kier molecular flexibility index (Phi) is 4.55. The van der Waals surface area contributed by atoms with Crippen LogP contribution < -0.4 is 0 Å². The monoisotopic (exact) mass is 178 g/mol. The van der Waals surface area contributed by atoms with Gasteiger partial charge in [0.1, 0.15) is 0 Å². The standard InChI is InChI=1S/C12H18O/c1-3-11(2)9-13-10-12-7-5-4-6-8-12/h4-8,11H,3,9-10H2,1-2H3/t11-/m1/s1. The molecule has 0 saturated heterocycles. The third kappa shape index (κ3) is 4.09. The predicted octanol–water partition coefficient (Wildman–Crippen LogP) is 3.25. The lowest BCUT2D eigenvalue weighted by atomic mass is 10.1. The van der Waals surface area contributed by atoms with E-state index in [-0.39, 0.29) is 0 Å². The van der Waals surface area contributed by atoms with Gasteiger partial charge in [-0.25, -0.2) is 0 Å². The molecule has 0 fully saturated rings. The van der Waals surface area contributed by atoms with E-state index in [2.05, 4.69) is 26.0 Å². The van der Waals surface area contributed by atoms with E-state index in [1.54, 1.807) is 0 Å². The van der Waals surface area contributed by atoms with Crippen molar-refractivity contribution in [3.05, 3.63) is 35.9 Å². The molecule has 0 unspecified atom stereocenters. The zero-order chi connectivity index (χ0) is 9.52. The molecule has 1 atom stereocenters. The van der Waals surface area contributed by atoms with Crippen LogP contribution in [0.15, 0.2) is 30.3 Å². The molecule has 0 aromatic heterocycles. The van der Waals surface area contributed by atoms with Crippen molar-refractivity contribution in [3.8, 4) is 0 Å². The van der Waals surface area contributed by atoms with Crippen molar-refractivity contribution in [2.75, 3.05) is 6.61 Å². The van der Waals surface area contributed by atoms with E-state index in [0.29, 0.717) is 5.92 Å². The second kappa shape index (κ2) is 5.76. The highest BCUT2D eigenvalue weighted by Crippen LogP contribution is 2.04. The lowest BCUT2D eigenvalue weighted by molar-refractivity contribution is 0.0910. The van der Waals surface area contributed by atoms with Crippen LogP contribution in [0.3, 0.4) is 0 Å². The van der Waals surface area contributed by atoms with Crippen molar-refractivity contribution in [1.82, 2.24) is 0 Å². The number of hydrogen-bond acceptors (Lipinski definition) is 1. The summed E-state index contributed by atoms with van der Waals surface area (Å²) in [5.74, 6) is 0.670. The summed E-state index contributed by atoms with van der Waals surface area (Å²) in [6.07, 6.45) is 1.19. The summed E-state index contributed by atoms with van der Waals surface area (Å²) in [4.78, 5) is 0. The fourth-order valence-corrected chi connectivity index (χ4v) is 1.07. The zero-order valence-corrected chi connectivity index (χ0v) is 8.49. The van der Waals surface area contributed by atoms with E-state index in [4.69, 9.17) is 4.74 Å². The van der Waals surface area contributed by atoms with Gasteiger partial charge in [-0.3, -0.25) is 0 Å². The highest BCUT2D eigenvalue weighted by Gasteiger charge is 1.98. The topological polar surface area (TPSA) is 9.23 Å². The summed E-state index contributed by atoms with van der Waals surface area (Å²) in [5.41, 5.74) is 1.26. The molecule has 1 aromatic carbocycles. The fraction of sp³-hybridized carbons (Fsp3) is 0.500. The summed E-state index contributed by atoms with van der Waals surface area (Å²) in [6.45, 7) is 6.01. The molecule has 1 nitrogen and oxygen atoms in total. The molecule has 1 aromatic rings. The second-order valence-corrected chi connectivity index (χ2v) is 3.51. The zero-order valence-electron chi connectivity index (χ0n) is 8.49. The third-order valence-corrected chi connectivity index (χ3v) is 2.21. The van der Waals surface area contributed by atoms with Gasteiger partial charge in [-0.05, 0) is 11.5 Å². The predicted molar refractivity (Wildman–Crippen MR) is 55.6 cm³/mol. The van der Waals surface area contributed by atoms with Crippen molar-refractivity contribution in [3.63, 3.8) is 0 Å². The van der Waals surface area contributed by atoms with Crippen LogP contribution in [-0.4, -0.2) is 6.61 Å². The lowest BCUT2D eigenvalue weighted by Crippen LogP contribution is -2.04. The summed E-state index contributed by atoms with van der Waals surface area (Å²) in [7, 11) is 0. The molecule has 0 N–H and O–H groups in total. The number of benzene rings is 1. The van der Waals surface area contributed by atoms with Crippen LogP contribution >= 0.6 is 0 Å². The Hall–Kier alpha value is -0.820. The van der Waals surface area contributed by atoms with Crippen molar-refractivity contribution >= 4 is 0 Å². The number of ether oxygens (including phenoxy) is 1. The first-order chi connectivity index (χ1) is 6.33. The van der Waals surface area contributed by atoms with Gasteiger partial charge >= 0.3 is 0 Å². The quantitative estimate of drug-likeness (QED) is 0.672. The molecule has 0 amide bonds. The molecule has 1 rings (SSSR count). The van der Waals surface area contributed by atoms with Gasteiger partial charge in [0.15, 0.2) is 0 Å². The molecule has 0 aliphatic rings. The highest BCUT2D eigenvalue weighted by molar-refractivity contribution is 5.13. The minimum absolute atomic E-state index is 0.670. The molecular weight excluding hydrogens is 160 g/mol. The summed E-state index contributed by atoms with van der Waals surface area (Å²) in [6, 6.07) is 10.3. The lowest BCUT2D eigenvalue weighted by Gasteiger charge is -2.08. The van der Waals surface area contributed by atoms with Crippen LogP contribution in [-0.2, 0) is 11.3 Å². The van der Waals surface area contributed by atoms with E-state index in [1.807, 2.05) is 18.2 Å². The maximum atomic E-state index is 5.57. The summed E-state index contributed by atoms with van der Waals surface area (Å²) < 4.78 is 5.57. The smallest absolute Gasteiger partial charge is 0.0717 e. The molecule has 13 heavy (non-hydrogen) atoms. The van der Waals surface area contributed by atoms with Crippen LogP contribution in [0.1, 0.15) is 25.8 Å². The van der Waals surface area contributed by atoms with Gasteiger partial charge in [0.2, 0.25) is 0 Å². The van der Waals surface area contributed by atoms with E-state index < -0.39 is 0 Å². The van der Waals surface area contributed by atoms with Crippen molar-refractivity contribution in [2.45, 2.75) is 26.9 Å². The normalized spacial score (nSPS) is 12.8. The maximum Gasteiger partial charge on any atom is 0.0717 e. The molecule has 1 heteroatoms. The van der Waals surface area contributed by atoms with Crippen LogP contribution in [0, 0.1) is 5.92 Å². The van der Waals surface area contributed by atoms with Gasteiger partial charge < -0.3 is 4.74 Å². The van der Waals surface area contributed by atoms with Crippen LogP contribution in [0.5, 0.6) is 0 Å². The Morgan fingerprint density at radius 3 is 2.54 bits per heavy atom. The SMILES string of the molecule is CC[C@@H](C)COCc1ccccc1. The first-order valence-corrected chi connectivity index (χ1v) is 4.94. The fourth-order valence-electron chi connectivity index (χ4n) is 1.07. The van der Waals surface area contributed by atoms with Crippen molar-refractivity contribution < 1.29 is 4.74 Å². The Bertz CT molecular complexity index is 218. The maximum absolute atomic E-state index is 5.57. The molecule has 0 heterocycles. The molecule has 0 aliphatic carbocycles. The van der Waals surface area contributed by atoms with Gasteiger partial charge in [0.05, 0.1) is 6.61 Å². The van der Waals surface area contributed by atoms with E-state index in [1.165, 1.54) is 12.0 Å². The molecule has 0 radical (unpaired) electrons. The molecule has 0 aliphatic heterocycles. The molecule has 0 bridgehead atoms.